The fourth-order valence-corrected chi connectivity index (χ4v) is 4.21. The maximum atomic E-state index is 12.5. The summed E-state index contributed by atoms with van der Waals surface area (Å²) in [5, 5.41) is 5.04. The van der Waals surface area contributed by atoms with E-state index in [1.165, 1.54) is 18.2 Å². The third kappa shape index (κ3) is 4.06. The standard InChI is InChI=1S/C19H11F3N2OS2/c20-19(21,22)27-14-7-8-15-16(10-14)26-18(23-15)24-17(25)13-6-5-11-3-1-2-4-12(11)9-13/h1-10H,(H,23,24,25). The average Bonchev–Trinajstić information content (AvgIpc) is 3.01. The topological polar surface area (TPSA) is 42.0 Å². The molecule has 0 unspecified atom stereocenters. The first-order chi connectivity index (χ1) is 12.9. The molecule has 27 heavy (non-hydrogen) atoms. The lowest BCUT2D eigenvalue weighted by Crippen LogP contribution is -2.11. The summed E-state index contributed by atoms with van der Waals surface area (Å²) in [6.07, 6.45) is 0. The first-order valence-corrected chi connectivity index (χ1v) is 9.47. The van der Waals surface area contributed by atoms with Crippen LogP contribution in [0.5, 0.6) is 0 Å². The molecule has 136 valence electrons. The van der Waals surface area contributed by atoms with Gasteiger partial charge in [-0.3, -0.25) is 10.1 Å². The van der Waals surface area contributed by atoms with Crippen LogP contribution >= 0.6 is 23.1 Å². The van der Waals surface area contributed by atoms with Crippen molar-refractivity contribution >= 4 is 55.1 Å². The highest BCUT2D eigenvalue weighted by Crippen LogP contribution is 2.39. The van der Waals surface area contributed by atoms with E-state index in [0.717, 1.165) is 22.1 Å². The largest absolute Gasteiger partial charge is 0.446 e. The van der Waals surface area contributed by atoms with Gasteiger partial charge in [0.05, 0.1) is 10.2 Å². The number of carbonyl (C=O) groups is 1. The number of anilines is 1. The van der Waals surface area contributed by atoms with Crippen molar-refractivity contribution in [1.82, 2.24) is 4.98 Å². The van der Waals surface area contributed by atoms with Crippen LogP contribution < -0.4 is 5.32 Å². The second-order valence-corrected chi connectivity index (χ2v) is 7.88. The molecule has 1 amide bonds. The smallest absolute Gasteiger partial charge is 0.298 e. The number of nitrogens with one attached hydrogen (secondary N) is 1. The van der Waals surface area contributed by atoms with Crippen molar-refractivity contribution in [3.8, 4) is 0 Å². The average molecular weight is 404 g/mol. The molecule has 8 heteroatoms. The number of rotatable bonds is 3. The molecule has 4 rings (SSSR count). The van der Waals surface area contributed by atoms with E-state index in [1.807, 2.05) is 30.3 Å². The Kier molecular flexibility index (Phi) is 4.53. The number of hydrogen-bond acceptors (Lipinski definition) is 4. The highest BCUT2D eigenvalue weighted by atomic mass is 32.2. The van der Waals surface area contributed by atoms with Gasteiger partial charge in [-0.05, 0) is 52.9 Å². The van der Waals surface area contributed by atoms with Crippen LogP contribution in [0.2, 0.25) is 0 Å². The maximum Gasteiger partial charge on any atom is 0.446 e. The molecule has 3 aromatic carbocycles. The first-order valence-electron chi connectivity index (χ1n) is 7.84. The van der Waals surface area contributed by atoms with E-state index in [-0.39, 0.29) is 22.6 Å². The lowest BCUT2D eigenvalue weighted by atomic mass is 10.1. The summed E-state index contributed by atoms with van der Waals surface area (Å²) in [5.41, 5.74) is -3.31. The Morgan fingerprint density at radius 3 is 2.56 bits per heavy atom. The second kappa shape index (κ2) is 6.86. The summed E-state index contributed by atoms with van der Waals surface area (Å²) < 4.78 is 38.1. The van der Waals surface area contributed by atoms with E-state index < -0.39 is 5.51 Å². The zero-order chi connectivity index (χ0) is 19.0. The molecule has 3 nitrogen and oxygen atoms in total. The van der Waals surface area contributed by atoms with Crippen LogP contribution in [0.15, 0.2) is 65.6 Å². The number of amides is 1. The maximum absolute atomic E-state index is 12.5. The predicted molar refractivity (Wildman–Crippen MR) is 103 cm³/mol. The van der Waals surface area contributed by atoms with Crippen molar-refractivity contribution in [2.24, 2.45) is 0 Å². The minimum Gasteiger partial charge on any atom is -0.298 e. The second-order valence-electron chi connectivity index (χ2n) is 5.71. The molecule has 0 fully saturated rings. The van der Waals surface area contributed by atoms with Gasteiger partial charge in [-0.2, -0.15) is 13.2 Å². The Balaban J connectivity index is 1.57. The summed E-state index contributed by atoms with van der Waals surface area (Å²) in [7, 11) is 0. The molecule has 0 atom stereocenters. The molecule has 1 N–H and O–H groups in total. The molecule has 0 aliphatic carbocycles. The van der Waals surface area contributed by atoms with Gasteiger partial charge in [-0.25, -0.2) is 4.98 Å². The van der Waals surface area contributed by atoms with Crippen LogP contribution in [0, 0.1) is 0 Å². The van der Waals surface area contributed by atoms with Crippen molar-refractivity contribution in [1.29, 1.82) is 0 Å². The van der Waals surface area contributed by atoms with Crippen LogP contribution in [-0.2, 0) is 0 Å². The van der Waals surface area contributed by atoms with Crippen molar-refractivity contribution in [2.75, 3.05) is 5.32 Å². The van der Waals surface area contributed by atoms with Crippen LogP contribution in [0.4, 0.5) is 18.3 Å². The van der Waals surface area contributed by atoms with Gasteiger partial charge in [-0.15, -0.1) is 0 Å². The molecule has 0 saturated heterocycles. The van der Waals surface area contributed by atoms with E-state index in [4.69, 9.17) is 0 Å². The van der Waals surface area contributed by atoms with Gasteiger partial charge < -0.3 is 0 Å². The molecule has 0 aliphatic heterocycles. The van der Waals surface area contributed by atoms with Crippen LogP contribution in [0.1, 0.15) is 10.4 Å². The zero-order valence-corrected chi connectivity index (χ0v) is 15.2. The summed E-state index contributed by atoms with van der Waals surface area (Å²) in [6.45, 7) is 0. The van der Waals surface area contributed by atoms with Gasteiger partial charge in [0, 0.05) is 10.5 Å². The summed E-state index contributed by atoms with van der Waals surface area (Å²) >= 11 is 0.969. The molecular formula is C19H11F3N2OS2. The number of thiazole rings is 1. The quantitative estimate of drug-likeness (QED) is 0.407. The van der Waals surface area contributed by atoms with Crippen LogP contribution in [0.3, 0.4) is 0 Å². The third-order valence-corrected chi connectivity index (χ3v) is 5.48. The number of benzene rings is 3. The summed E-state index contributed by atoms with van der Waals surface area (Å²) in [4.78, 5) is 16.9. The van der Waals surface area contributed by atoms with Gasteiger partial charge in [0.25, 0.3) is 5.91 Å². The van der Waals surface area contributed by atoms with Gasteiger partial charge in [0.15, 0.2) is 5.13 Å². The van der Waals surface area contributed by atoms with Gasteiger partial charge in [0.1, 0.15) is 0 Å². The van der Waals surface area contributed by atoms with E-state index >= 15 is 0 Å². The van der Waals surface area contributed by atoms with Gasteiger partial charge in [-0.1, -0.05) is 41.7 Å². The Labute approximate surface area is 160 Å². The number of aromatic nitrogens is 1. The Morgan fingerprint density at radius 2 is 1.78 bits per heavy atom. The molecule has 0 saturated carbocycles. The Bertz CT molecular complexity index is 1150. The van der Waals surface area contributed by atoms with E-state index in [9.17, 15) is 18.0 Å². The van der Waals surface area contributed by atoms with Crippen LogP contribution in [0.25, 0.3) is 21.0 Å². The number of carbonyl (C=O) groups excluding carboxylic acids is 1. The van der Waals surface area contributed by atoms with E-state index in [2.05, 4.69) is 10.3 Å². The normalized spacial score (nSPS) is 11.8. The minimum absolute atomic E-state index is 0.0889. The van der Waals surface area contributed by atoms with Crippen molar-refractivity contribution in [2.45, 2.75) is 10.4 Å². The third-order valence-electron chi connectivity index (χ3n) is 3.83. The zero-order valence-electron chi connectivity index (χ0n) is 13.6. The fourth-order valence-electron chi connectivity index (χ4n) is 2.66. The summed E-state index contributed by atoms with van der Waals surface area (Å²) in [5.74, 6) is -0.315. The molecule has 1 heterocycles. The van der Waals surface area contributed by atoms with E-state index in [0.29, 0.717) is 20.9 Å². The van der Waals surface area contributed by atoms with Gasteiger partial charge >= 0.3 is 5.51 Å². The predicted octanol–water partition coefficient (Wildman–Crippen LogP) is 6.31. The molecule has 0 radical (unpaired) electrons. The number of nitrogens with zero attached hydrogens (tertiary/aromatic N) is 1. The number of fused-ring (bicyclic) bond motifs is 2. The summed E-state index contributed by atoms with van der Waals surface area (Å²) in [6, 6.07) is 17.4. The molecule has 0 aliphatic rings. The molecule has 4 aromatic rings. The molecular weight excluding hydrogens is 393 g/mol. The number of halogens is 3. The fraction of sp³-hybridized carbons (Fsp3) is 0.0526. The SMILES string of the molecule is O=C(Nc1nc2ccc(SC(F)(F)F)cc2s1)c1ccc2ccccc2c1. The minimum atomic E-state index is -4.34. The number of hydrogen-bond donors (Lipinski definition) is 1. The number of alkyl halides is 3. The monoisotopic (exact) mass is 404 g/mol. The number of thioether (sulfide) groups is 1. The highest BCUT2D eigenvalue weighted by molar-refractivity contribution is 8.00. The highest BCUT2D eigenvalue weighted by Gasteiger charge is 2.29. The molecule has 1 aromatic heterocycles. The molecule has 0 bridgehead atoms. The van der Waals surface area contributed by atoms with Crippen molar-refractivity contribution in [3.63, 3.8) is 0 Å². The Morgan fingerprint density at radius 1 is 1.00 bits per heavy atom. The Hall–Kier alpha value is -2.58. The lowest BCUT2D eigenvalue weighted by Gasteiger charge is -2.04. The molecule has 0 spiro atoms. The van der Waals surface area contributed by atoms with Gasteiger partial charge in [0.2, 0.25) is 0 Å². The van der Waals surface area contributed by atoms with Crippen molar-refractivity contribution < 1.29 is 18.0 Å². The van der Waals surface area contributed by atoms with Crippen LogP contribution in [-0.4, -0.2) is 16.4 Å². The first kappa shape index (κ1) is 17.8. The lowest BCUT2D eigenvalue weighted by molar-refractivity contribution is -0.0328. The van der Waals surface area contributed by atoms with Crippen molar-refractivity contribution in [3.05, 3.63) is 66.2 Å². The van der Waals surface area contributed by atoms with E-state index in [1.54, 1.807) is 12.1 Å².